The lowest BCUT2D eigenvalue weighted by Gasteiger charge is -2.09. The molecule has 0 amide bonds. The van der Waals surface area contributed by atoms with E-state index in [9.17, 15) is 18.0 Å². The Balaban J connectivity index is 2.31. The highest BCUT2D eigenvalue weighted by molar-refractivity contribution is 9.10. The van der Waals surface area contributed by atoms with E-state index >= 15 is 0 Å². The molecule has 0 atom stereocenters. The van der Waals surface area contributed by atoms with Crippen molar-refractivity contribution >= 4 is 21.7 Å². The van der Waals surface area contributed by atoms with Crippen molar-refractivity contribution in [3.63, 3.8) is 0 Å². The second-order valence-corrected chi connectivity index (χ2v) is 5.17. The number of hydrogen-bond donors (Lipinski definition) is 0. The first-order valence-electron chi connectivity index (χ1n) is 5.92. The van der Waals surface area contributed by atoms with E-state index in [0.717, 1.165) is 18.2 Å². The van der Waals surface area contributed by atoms with Crippen LogP contribution in [0.3, 0.4) is 0 Å². The normalized spacial score (nSPS) is 10.5. The molecule has 0 heterocycles. The van der Waals surface area contributed by atoms with Gasteiger partial charge in [0.2, 0.25) is 0 Å². The van der Waals surface area contributed by atoms with Gasteiger partial charge in [-0.25, -0.2) is 13.2 Å². The molecule has 0 unspecified atom stereocenters. The molecule has 0 radical (unpaired) electrons. The number of halogens is 4. The van der Waals surface area contributed by atoms with Crippen molar-refractivity contribution in [2.75, 3.05) is 7.11 Å². The van der Waals surface area contributed by atoms with E-state index in [-0.39, 0.29) is 22.2 Å². The molecule has 2 aromatic carbocycles. The average Bonchev–Trinajstić information content (AvgIpc) is 2.45. The SMILES string of the molecule is COc1cc(F)c(Br)cc1C(=O)Cc1ccc(F)c(F)c1. The molecule has 0 N–H and O–H groups in total. The van der Waals surface area contributed by atoms with Gasteiger partial charge in [-0.2, -0.15) is 0 Å². The Bertz CT molecular complexity index is 702. The topological polar surface area (TPSA) is 26.3 Å². The number of ether oxygens (including phenoxy) is 1. The van der Waals surface area contributed by atoms with Crippen LogP contribution in [0.1, 0.15) is 15.9 Å². The fourth-order valence-corrected chi connectivity index (χ4v) is 2.19. The first kappa shape index (κ1) is 15.6. The molecule has 21 heavy (non-hydrogen) atoms. The summed E-state index contributed by atoms with van der Waals surface area (Å²) < 4.78 is 44.5. The van der Waals surface area contributed by atoms with Crippen LogP contribution in [0.2, 0.25) is 0 Å². The molecule has 2 rings (SSSR count). The summed E-state index contributed by atoms with van der Waals surface area (Å²) in [7, 11) is 1.32. The molecular weight excluding hydrogens is 349 g/mol. The lowest BCUT2D eigenvalue weighted by molar-refractivity contribution is 0.0990. The molecular formula is C15H10BrF3O2. The van der Waals surface area contributed by atoms with Crippen LogP contribution in [0.25, 0.3) is 0 Å². The van der Waals surface area contributed by atoms with Gasteiger partial charge in [0.05, 0.1) is 17.1 Å². The fraction of sp³-hybridized carbons (Fsp3) is 0.133. The van der Waals surface area contributed by atoms with Crippen LogP contribution in [-0.2, 0) is 6.42 Å². The highest BCUT2D eigenvalue weighted by Gasteiger charge is 2.17. The molecule has 0 saturated heterocycles. The summed E-state index contributed by atoms with van der Waals surface area (Å²) in [5, 5.41) is 0. The summed E-state index contributed by atoms with van der Waals surface area (Å²) in [4.78, 5) is 12.2. The minimum atomic E-state index is -1.02. The Hall–Kier alpha value is -1.82. The summed E-state index contributed by atoms with van der Waals surface area (Å²) in [6.07, 6.45) is -0.147. The zero-order valence-corrected chi connectivity index (χ0v) is 12.5. The zero-order chi connectivity index (χ0) is 15.6. The van der Waals surface area contributed by atoms with Crippen LogP contribution in [0.4, 0.5) is 13.2 Å². The summed E-state index contributed by atoms with van der Waals surface area (Å²) in [5.74, 6) is -2.86. The van der Waals surface area contributed by atoms with Crippen molar-refractivity contribution in [2.45, 2.75) is 6.42 Å². The smallest absolute Gasteiger partial charge is 0.171 e. The summed E-state index contributed by atoms with van der Waals surface area (Å²) in [6.45, 7) is 0. The summed E-state index contributed by atoms with van der Waals surface area (Å²) in [6, 6.07) is 5.62. The van der Waals surface area contributed by atoms with Crippen LogP contribution in [0.5, 0.6) is 5.75 Å². The maximum Gasteiger partial charge on any atom is 0.171 e. The van der Waals surface area contributed by atoms with E-state index in [2.05, 4.69) is 15.9 Å². The van der Waals surface area contributed by atoms with E-state index in [0.29, 0.717) is 5.56 Å². The number of Topliss-reactive ketones (excluding diaryl/α,β-unsaturated/α-hetero) is 1. The lowest BCUT2D eigenvalue weighted by atomic mass is 10.0. The van der Waals surface area contributed by atoms with Crippen molar-refractivity contribution in [2.24, 2.45) is 0 Å². The molecule has 2 aromatic rings. The number of carbonyl (C=O) groups excluding carboxylic acids is 1. The fourth-order valence-electron chi connectivity index (χ4n) is 1.85. The van der Waals surface area contributed by atoms with Crippen LogP contribution < -0.4 is 4.74 Å². The molecule has 0 aliphatic rings. The van der Waals surface area contributed by atoms with Gasteiger partial charge in [-0.05, 0) is 39.7 Å². The third-order valence-electron chi connectivity index (χ3n) is 2.89. The van der Waals surface area contributed by atoms with Gasteiger partial charge in [0.15, 0.2) is 17.4 Å². The van der Waals surface area contributed by atoms with Gasteiger partial charge in [0.1, 0.15) is 11.6 Å². The van der Waals surface area contributed by atoms with Crippen LogP contribution in [0, 0.1) is 17.5 Å². The van der Waals surface area contributed by atoms with Crippen LogP contribution in [0.15, 0.2) is 34.8 Å². The van der Waals surface area contributed by atoms with Crippen molar-refractivity contribution in [1.82, 2.24) is 0 Å². The quantitative estimate of drug-likeness (QED) is 0.761. The molecule has 0 spiro atoms. The number of hydrogen-bond acceptors (Lipinski definition) is 2. The minimum absolute atomic E-state index is 0.0864. The Labute approximate surface area is 127 Å². The number of benzene rings is 2. The molecule has 6 heteroatoms. The maximum atomic E-state index is 13.4. The van der Waals surface area contributed by atoms with Gasteiger partial charge in [0, 0.05) is 12.5 Å². The highest BCUT2D eigenvalue weighted by Crippen LogP contribution is 2.27. The molecule has 0 fully saturated rings. The number of carbonyl (C=O) groups is 1. The Morgan fingerprint density at radius 3 is 2.43 bits per heavy atom. The maximum absolute atomic E-state index is 13.4. The van der Waals surface area contributed by atoms with Gasteiger partial charge in [-0.15, -0.1) is 0 Å². The van der Waals surface area contributed by atoms with Crippen LogP contribution >= 0.6 is 15.9 Å². The van der Waals surface area contributed by atoms with Gasteiger partial charge in [-0.3, -0.25) is 4.79 Å². The van der Waals surface area contributed by atoms with Gasteiger partial charge < -0.3 is 4.74 Å². The van der Waals surface area contributed by atoms with Crippen molar-refractivity contribution < 1.29 is 22.7 Å². The van der Waals surface area contributed by atoms with E-state index in [1.807, 2.05) is 0 Å². The highest BCUT2D eigenvalue weighted by atomic mass is 79.9. The summed E-state index contributed by atoms with van der Waals surface area (Å²) >= 11 is 2.99. The predicted molar refractivity (Wildman–Crippen MR) is 75.0 cm³/mol. The molecule has 0 bridgehead atoms. The molecule has 0 aliphatic heterocycles. The second kappa shape index (κ2) is 6.30. The molecule has 0 aromatic heterocycles. The minimum Gasteiger partial charge on any atom is -0.496 e. The van der Waals surface area contributed by atoms with E-state index in [4.69, 9.17) is 4.74 Å². The number of methoxy groups -OCH3 is 1. The van der Waals surface area contributed by atoms with Crippen molar-refractivity contribution in [3.8, 4) is 5.75 Å². The monoisotopic (exact) mass is 358 g/mol. The first-order chi connectivity index (χ1) is 9.92. The predicted octanol–water partition coefficient (Wildman–Crippen LogP) is 4.30. The molecule has 0 aliphatic carbocycles. The van der Waals surface area contributed by atoms with Gasteiger partial charge in [0.25, 0.3) is 0 Å². The second-order valence-electron chi connectivity index (χ2n) is 4.32. The van der Waals surface area contributed by atoms with Crippen molar-refractivity contribution in [3.05, 3.63) is 63.4 Å². The molecule has 2 nitrogen and oxygen atoms in total. The zero-order valence-electron chi connectivity index (χ0n) is 10.9. The third-order valence-corrected chi connectivity index (χ3v) is 3.50. The Kier molecular flexibility index (Phi) is 4.67. The van der Waals surface area contributed by atoms with Crippen LogP contribution in [-0.4, -0.2) is 12.9 Å². The standard InChI is InChI=1S/C15H10BrF3O2/c1-21-15-7-12(18)10(16)6-9(15)14(20)5-8-2-3-11(17)13(19)4-8/h2-4,6-7H,5H2,1H3. The Morgan fingerprint density at radius 1 is 1.10 bits per heavy atom. The largest absolute Gasteiger partial charge is 0.496 e. The third kappa shape index (κ3) is 3.44. The number of rotatable bonds is 4. The number of ketones is 1. The molecule has 110 valence electrons. The van der Waals surface area contributed by atoms with Crippen molar-refractivity contribution in [1.29, 1.82) is 0 Å². The lowest BCUT2D eigenvalue weighted by Crippen LogP contribution is -2.07. The van der Waals surface area contributed by atoms with Gasteiger partial charge in [-0.1, -0.05) is 6.07 Å². The van der Waals surface area contributed by atoms with E-state index < -0.39 is 23.2 Å². The van der Waals surface area contributed by atoms with E-state index in [1.54, 1.807) is 0 Å². The average molecular weight is 359 g/mol. The Morgan fingerprint density at radius 2 is 1.81 bits per heavy atom. The van der Waals surface area contributed by atoms with E-state index in [1.165, 1.54) is 19.2 Å². The molecule has 0 saturated carbocycles. The summed E-state index contributed by atoms with van der Waals surface area (Å²) in [5.41, 5.74) is 0.483. The van der Waals surface area contributed by atoms with Gasteiger partial charge >= 0.3 is 0 Å². The first-order valence-corrected chi connectivity index (χ1v) is 6.72.